The molecule has 118 valence electrons. The van der Waals surface area contributed by atoms with Gasteiger partial charge in [-0.3, -0.25) is 0 Å². The van der Waals surface area contributed by atoms with Crippen LogP contribution in [0.3, 0.4) is 0 Å². The van der Waals surface area contributed by atoms with Gasteiger partial charge >= 0.3 is 6.18 Å². The molecule has 0 amide bonds. The SMILES string of the molecule is CC(C)COCCOc1ccc(C(F)(F)F)c(C(N)=S)c1. The summed E-state index contributed by atoms with van der Waals surface area (Å²) in [5.41, 5.74) is 4.24. The van der Waals surface area contributed by atoms with Crippen molar-refractivity contribution in [2.75, 3.05) is 19.8 Å². The molecule has 1 rings (SSSR count). The summed E-state index contributed by atoms with van der Waals surface area (Å²) in [5, 5.41) is 0. The monoisotopic (exact) mass is 321 g/mol. The molecule has 1 aromatic carbocycles. The van der Waals surface area contributed by atoms with Gasteiger partial charge in [0.15, 0.2) is 0 Å². The molecule has 2 N–H and O–H groups in total. The van der Waals surface area contributed by atoms with Gasteiger partial charge in [0.2, 0.25) is 0 Å². The van der Waals surface area contributed by atoms with Crippen LogP contribution in [0.25, 0.3) is 0 Å². The highest BCUT2D eigenvalue weighted by atomic mass is 32.1. The van der Waals surface area contributed by atoms with E-state index in [1.165, 1.54) is 12.1 Å². The fourth-order valence-electron chi connectivity index (χ4n) is 1.60. The number of benzene rings is 1. The zero-order valence-corrected chi connectivity index (χ0v) is 12.7. The fraction of sp³-hybridized carbons (Fsp3) is 0.500. The lowest BCUT2D eigenvalue weighted by molar-refractivity contribution is -0.137. The summed E-state index contributed by atoms with van der Waals surface area (Å²) in [4.78, 5) is -0.316. The van der Waals surface area contributed by atoms with Gasteiger partial charge < -0.3 is 15.2 Å². The summed E-state index contributed by atoms with van der Waals surface area (Å²) in [6.07, 6.45) is -4.50. The Bertz CT molecular complexity index is 490. The topological polar surface area (TPSA) is 44.5 Å². The van der Waals surface area contributed by atoms with E-state index in [-0.39, 0.29) is 22.9 Å². The van der Waals surface area contributed by atoms with Crippen LogP contribution >= 0.6 is 12.2 Å². The summed E-state index contributed by atoms with van der Waals surface area (Å²) in [6, 6.07) is 3.36. The van der Waals surface area contributed by atoms with Gasteiger partial charge in [0.25, 0.3) is 0 Å². The molecule has 0 spiro atoms. The first-order valence-corrected chi connectivity index (χ1v) is 6.84. The zero-order chi connectivity index (χ0) is 16.0. The van der Waals surface area contributed by atoms with Crippen LogP contribution in [0.15, 0.2) is 18.2 Å². The van der Waals surface area contributed by atoms with Crippen LogP contribution in [0.5, 0.6) is 5.75 Å². The molecule has 0 atom stereocenters. The molecule has 0 saturated heterocycles. The van der Waals surface area contributed by atoms with Crippen LogP contribution in [0, 0.1) is 5.92 Å². The molecule has 0 saturated carbocycles. The maximum absolute atomic E-state index is 12.8. The van der Waals surface area contributed by atoms with Crippen LogP contribution < -0.4 is 10.5 Å². The molecule has 0 bridgehead atoms. The zero-order valence-electron chi connectivity index (χ0n) is 11.9. The molecule has 0 radical (unpaired) electrons. The normalized spacial score (nSPS) is 11.7. The van der Waals surface area contributed by atoms with E-state index in [9.17, 15) is 13.2 Å². The van der Waals surface area contributed by atoms with Crippen molar-refractivity contribution in [3.63, 3.8) is 0 Å². The molecule has 3 nitrogen and oxygen atoms in total. The maximum Gasteiger partial charge on any atom is 0.417 e. The number of rotatable bonds is 7. The first-order valence-electron chi connectivity index (χ1n) is 6.43. The van der Waals surface area contributed by atoms with Crippen LogP contribution in [0.2, 0.25) is 0 Å². The molecule has 0 unspecified atom stereocenters. The van der Waals surface area contributed by atoms with Crippen LogP contribution in [0.1, 0.15) is 25.0 Å². The van der Waals surface area contributed by atoms with Gasteiger partial charge in [-0.15, -0.1) is 0 Å². The van der Waals surface area contributed by atoms with E-state index in [4.69, 9.17) is 15.2 Å². The number of nitrogens with two attached hydrogens (primary N) is 1. The minimum absolute atomic E-state index is 0.238. The lowest BCUT2D eigenvalue weighted by atomic mass is 10.1. The summed E-state index contributed by atoms with van der Waals surface area (Å²) in [7, 11) is 0. The molecule has 0 fully saturated rings. The fourth-order valence-corrected chi connectivity index (χ4v) is 1.77. The standard InChI is InChI=1S/C14H18F3NO2S/c1-9(2)8-19-5-6-20-10-3-4-12(14(15,16)17)11(7-10)13(18)21/h3-4,7,9H,5-6,8H2,1-2H3,(H2,18,21). The first kappa shape index (κ1) is 17.7. The van der Waals surface area contributed by atoms with E-state index in [2.05, 4.69) is 12.2 Å². The van der Waals surface area contributed by atoms with Crippen molar-refractivity contribution >= 4 is 17.2 Å². The molecule has 1 aromatic rings. The Morgan fingerprint density at radius 3 is 2.48 bits per heavy atom. The Kier molecular flexibility index (Phi) is 6.42. The predicted octanol–water partition coefficient (Wildman–Crippen LogP) is 3.39. The van der Waals surface area contributed by atoms with Crippen LogP contribution in [0.4, 0.5) is 13.2 Å². The first-order chi connectivity index (χ1) is 9.71. The van der Waals surface area contributed by atoms with Crippen molar-refractivity contribution in [2.24, 2.45) is 11.7 Å². The Morgan fingerprint density at radius 1 is 1.29 bits per heavy atom. The second-order valence-corrected chi connectivity index (χ2v) is 5.33. The molecule has 0 aliphatic rings. The Morgan fingerprint density at radius 2 is 1.95 bits per heavy atom. The molecule has 0 aliphatic heterocycles. The molecular weight excluding hydrogens is 303 g/mol. The lowest BCUT2D eigenvalue weighted by Crippen LogP contribution is -2.18. The molecule has 0 aromatic heterocycles. The van der Waals surface area contributed by atoms with Crippen molar-refractivity contribution in [3.05, 3.63) is 29.3 Å². The predicted molar refractivity (Wildman–Crippen MR) is 78.5 cm³/mol. The number of halogens is 3. The molecule has 0 aliphatic carbocycles. The van der Waals surface area contributed by atoms with Gasteiger partial charge in [0, 0.05) is 12.2 Å². The third-order valence-electron chi connectivity index (χ3n) is 2.51. The number of alkyl halides is 3. The smallest absolute Gasteiger partial charge is 0.417 e. The van der Waals surface area contributed by atoms with Gasteiger partial charge in [-0.1, -0.05) is 26.1 Å². The van der Waals surface area contributed by atoms with Crippen molar-refractivity contribution in [2.45, 2.75) is 20.0 Å². The average Bonchev–Trinajstić information content (AvgIpc) is 2.36. The Balaban J connectivity index is 2.69. The van der Waals surface area contributed by atoms with Gasteiger partial charge in [-0.2, -0.15) is 13.2 Å². The van der Waals surface area contributed by atoms with Gasteiger partial charge in [0.05, 0.1) is 12.2 Å². The summed E-state index contributed by atoms with van der Waals surface area (Å²) >= 11 is 4.66. The minimum Gasteiger partial charge on any atom is -0.491 e. The molecular formula is C14H18F3NO2S. The summed E-state index contributed by atoms with van der Waals surface area (Å²) < 4.78 is 49.0. The average molecular weight is 321 g/mol. The third-order valence-corrected chi connectivity index (χ3v) is 2.73. The van der Waals surface area contributed by atoms with E-state index >= 15 is 0 Å². The second kappa shape index (κ2) is 7.61. The highest BCUT2D eigenvalue weighted by molar-refractivity contribution is 7.80. The Labute approximate surface area is 127 Å². The van der Waals surface area contributed by atoms with Crippen molar-refractivity contribution < 1.29 is 22.6 Å². The largest absolute Gasteiger partial charge is 0.491 e. The van der Waals surface area contributed by atoms with Gasteiger partial charge in [-0.05, 0) is 24.1 Å². The Hall–Kier alpha value is -1.34. The van der Waals surface area contributed by atoms with Gasteiger partial charge in [0.1, 0.15) is 17.3 Å². The van der Waals surface area contributed by atoms with Crippen molar-refractivity contribution in [1.82, 2.24) is 0 Å². The summed E-state index contributed by atoms with van der Waals surface area (Å²) in [5.74, 6) is 0.691. The van der Waals surface area contributed by atoms with Crippen LogP contribution in [-0.2, 0) is 10.9 Å². The second-order valence-electron chi connectivity index (χ2n) is 4.89. The third kappa shape index (κ3) is 5.89. The van der Waals surface area contributed by atoms with Crippen LogP contribution in [-0.4, -0.2) is 24.8 Å². The van der Waals surface area contributed by atoms with E-state index in [1.807, 2.05) is 13.8 Å². The van der Waals surface area contributed by atoms with Crippen molar-refractivity contribution in [1.29, 1.82) is 0 Å². The van der Waals surface area contributed by atoms with E-state index in [0.29, 0.717) is 19.1 Å². The molecule has 0 heterocycles. The van der Waals surface area contributed by atoms with Crippen molar-refractivity contribution in [3.8, 4) is 5.75 Å². The van der Waals surface area contributed by atoms with E-state index in [0.717, 1.165) is 6.07 Å². The van der Waals surface area contributed by atoms with E-state index < -0.39 is 11.7 Å². The minimum atomic E-state index is -4.50. The summed E-state index contributed by atoms with van der Waals surface area (Å²) in [6.45, 7) is 5.25. The highest BCUT2D eigenvalue weighted by Crippen LogP contribution is 2.33. The van der Waals surface area contributed by atoms with E-state index in [1.54, 1.807) is 0 Å². The number of hydrogen-bond donors (Lipinski definition) is 1. The number of thiocarbonyl (C=S) groups is 1. The number of ether oxygens (including phenoxy) is 2. The quantitative estimate of drug-likeness (QED) is 0.617. The number of hydrogen-bond acceptors (Lipinski definition) is 3. The highest BCUT2D eigenvalue weighted by Gasteiger charge is 2.34. The molecule has 7 heteroatoms. The molecule has 21 heavy (non-hydrogen) atoms. The van der Waals surface area contributed by atoms with Gasteiger partial charge in [-0.25, -0.2) is 0 Å². The lowest BCUT2D eigenvalue weighted by Gasteiger charge is -2.14. The maximum atomic E-state index is 12.8.